The Labute approximate surface area is 115 Å². The number of hydrogen-bond acceptors (Lipinski definition) is 2. The molecule has 0 spiro atoms. The first-order chi connectivity index (χ1) is 8.70. The van der Waals surface area contributed by atoms with Gasteiger partial charge in [-0.1, -0.05) is 25.4 Å². The standard InChI is InChI=1S/C15H22ClNO/c1-3-11(2)14-8-13(16)4-5-15(14)18-10-12-6-7-17-9-12/h4-5,8,11-12,17H,3,6-7,9-10H2,1-2H3/t11-,12+/m0/s1. The Kier molecular flexibility index (Phi) is 4.90. The molecule has 0 saturated carbocycles. The summed E-state index contributed by atoms with van der Waals surface area (Å²) in [6.45, 7) is 7.41. The van der Waals surface area contributed by atoms with E-state index in [4.69, 9.17) is 16.3 Å². The third-order valence-electron chi connectivity index (χ3n) is 3.75. The molecule has 0 amide bonds. The van der Waals surface area contributed by atoms with E-state index in [1.54, 1.807) is 0 Å². The molecule has 3 heteroatoms. The number of ether oxygens (including phenoxy) is 1. The maximum absolute atomic E-state index is 6.08. The largest absolute Gasteiger partial charge is 0.493 e. The molecule has 100 valence electrons. The summed E-state index contributed by atoms with van der Waals surface area (Å²) in [4.78, 5) is 0. The van der Waals surface area contributed by atoms with E-state index in [1.165, 1.54) is 12.0 Å². The van der Waals surface area contributed by atoms with E-state index >= 15 is 0 Å². The lowest BCUT2D eigenvalue weighted by atomic mass is 9.98. The van der Waals surface area contributed by atoms with Crippen LogP contribution in [0.4, 0.5) is 0 Å². The van der Waals surface area contributed by atoms with Crippen molar-refractivity contribution < 1.29 is 4.74 Å². The van der Waals surface area contributed by atoms with Crippen molar-refractivity contribution in [3.05, 3.63) is 28.8 Å². The van der Waals surface area contributed by atoms with Crippen LogP contribution < -0.4 is 10.1 Å². The molecule has 0 aromatic heterocycles. The van der Waals surface area contributed by atoms with E-state index in [9.17, 15) is 0 Å². The van der Waals surface area contributed by atoms with Crippen LogP contribution in [0, 0.1) is 5.92 Å². The number of rotatable bonds is 5. The van der Waals surface area contributed by atoms with Crippen LogP contribution in [-0.2, 0) is 0 Å². The van der Waals surface area contributed by atoms with Gasteiger partial charge in [0.05, 0.1) is 6.61 Å². The van der Waals surface area contributed by atoms with Gasteiger partial charge in [-0.3, -0.25) is 0 Å². The summed E-state index contributed by atoms with van der Waals surface area (Å²) in [6, 6.07) is 5.96. The molecule has 2 nitrogen and oxygen atoms in total. The lowest BCUT2D eigenvalue weighted by Crippen LogP contribution is -2.16. The first kappa shape index (κ1) is 13.7. The number of hydrogen-bond donors (Lipinski definition) is 1. The van der Waals surface area contributed by atoms with Crippen molar-refractivity contribution in [2.45, 2.75) is 32.6 Å². The number of benzene rings is 1. The molecule has 1 heterocycles. The molecule has 18 heavy (non-hydrogen) atoms. The SMILES string of the molecule is CC[C@H](C)c1cc(Cl)ccc1OC[C@@H]1CCNC1. The number of nitrogens with one attached hydrogen (secondary N) is 1. The molecule has 0 radical (unpaired) electrons. The van der Waals surface area contributed by atoms with Crippen molar-refractivity contribution >= 4 is 11.6 Å². The molecule has 0 bridgehead atoms. The van der Waals surface area contributed by atoms with Gasteiger partial charge in [0.2, 0.25) is 0 Å². The van der Waals surface area contributed by atoms with Crippen molar-refractivity contribution in [2.75, 3.05) is 19.7 Å². The summed E-state index contributed by atoms with van der Waals surface area (Å²) >= 11 is 6.08. The van der Waals surface area contributed by atoms with Crippen LogP contribution in [0.1, 0.15) is 38.2 Å². The molecule has 2 atom stereocenters. The maximum atomic E-state index is 6.08. The van der Waals surface area contributed by atoms with Crippen LogP contribution in [0.25, 0.3) is 0 Å². The van der Waals surface area contributed by atoms with Crippen LogP contribution in [0.2, 0.25) is 5.02 Å². The monoisotopic (exact) mass is 267 g/mol. The van der Waals surface area contributed by atoms with Crippen molar-refractivity contribution in [1.82, 2.24) is 5.32 Å². The van der Waals surface area contributed by atoms with Crippen LogP contribution in [0.15, 0.2) is 18.2 Å². The van der Waals surface area contributed by atoms with Crippen molar-refractivity contribution in [3.8, 4) is 5.75 Å². The first-order valence-electron chi connectivity index (χ1n) is 6.83. The van der Waals surface area contributed by atoms with Crippen molar-refractivity contribution in [2.24, 2.45) is 5.92 Å². The van der Waals surface area contributed by atoms with Gasteiger partial charge in [-0.05, 0) is 49.1 Å². The predicted molar refractivity (Wildman–Crippen MR) is 76.6 cm³/mol. The topological polar surface area (TPSA) is 21.3 Å². The van der Waals surface area contributed by atoms with Crippen LogP contribution >= 0.6 is 11.6 Å². The fourth-order valence-electron chi connectivity index (χ4n) is 2.32. The van der Waals surface area contributed by atoms with Crippen molar-refractivity contribution in [3.63, 3.8) is 0 Å². The second-order valence-electron chi connectivity index (χ2n) is 5.16. The Hall–Kier alpha value is -0.730. The highest BCUT2D eigenvalue weighted by Gasteiger charge is 2.17. The maximum Gasteiger partial charge on any atom is 0.122 e. The molecule has 2 rings (SSSR count). The molecule has 0 aliphatic carbocycles. The second kappa shape index (κ2) is 6.44. The highest BCUT2D eigenvalue weighted by molar-refractivity contribution is 6.30. The van der Waals surface area contributed by atoms with Gasteiger partial charge in [0.15, 0.2) is 0 Å². The van der Waals surface area contributed by atoms with Crippen LogP contribution in [0.3, 0.4) is 0 Å². The van der Waals surface area contributed by atoms with Gasteiger partial charge in [-0.15, -0.1) is 0 Å². The van der Waals surface area contributed by atoms with E-state index in [1.807, 2.05) is 18.2 Å². The third-order valence-corrected chi connectivity index (χ3v) is 3.99. The molecule has 0 unspecified atom stereocenters. The zero-order valence-corrected chi connectivity index (χ0v) is 12.0. The smallest absolute Gasteiger partial charge is 0.122 e. The summed E-state index contributed by atoms with van der Waals surface area (Å²) < 4.78 is 6.00. The van der Waals surface area contributed by atoms with E-state index in [0.29, 0.717) is 11.8 Å². The molecule has 1 aliphatic rings. The Morgan fingerprint density at radius 2 is 2.33 bits per heavy atom. The minimum atomic E-state index is 0.486. The lowest BCUT2D eigenvalue weighted by Gasteiger charge is -2.18. The fourth-order valence-corrected chi connectivity index (χ4v) is 2.50. The Balaban J connectivity index is 2.05. The second-order valence-corrected chi connectivity index (χ2v) is 5.60. The number of halogens is 1. The quantitative estimate of drug-likeness (QED) is 0.875. The Bertz CT molecular complexity index is 388. The summed E-state index contributed by atoms with van der Waals surface area (Å²) in [7, 11) is 0. The molecule has 1 aromatic carbocycles. The van der Waals surface area contributed by atoms with Crippen molar-refractivity contribution in [1.29, 1.82) is 0 Å². The van der Waals surface area contributed by atoms with E-state index < -0.39 is 0 Å². The highest BCUT2D eigenvalue weighted by atomic mass is 35.5. The Morgan fingerprint density at radius 3 is 3.00 bits per heavy atom. The van der Waals surface area contributed by atoms with Gasteiger partial charge in [0, 0.05) is 17.5 Å². The van der Waals surface area contributed by atoms with Gasteiger partial charge >= 0.3 is 0 Å². The first-order valence-corrected chi connectivity index (χ1v) is 7.21. The normalized spacial score (nSPS) is 20.9. The molecule has 1 N–H and O–H groups in total. The van der Waals surface area contributed by atoms with E-state index in [-0.39, 0.29) is 0 Å². The fraction of sp³-hybridized carbons (Fsp3) is 0.600. The average Bonchev–Trinajstić information content (AvgIpc) is 2.89. The van der Waals surface area contributed by atoms with E-state index in [0.717, 1.165) is 36.9 Å². The zero-order chi connectivity index (χ0) is 13.0. The minimum Gasteiger partial charge on any atom is -0.493 e. The third kappa shape index (κ3) is 3.39. The van der Waals surface area contributed by atoms with Gasteiger partial charge < -0.3 is 10.1 Å². The van der Waals surface area contributed by atoms with E-state index in [2.05, 4.69) is 19.2 Å². The van der Waals surface area contributed by atoms with Crippen LogP contribution in [0.5, 0.6) is 5.75 Å². The molecule has 1 aromatic rings. The molecule has 1 fully saturated rings. The van der Waals surface area contributed by atoms with Gasteiger partial charge in [0.25, 0.3) is 0 Å². The lowest BCUT2D eigenvalue weighted by molar-refractivity contribution is 0.256. The Morgan fingerprint density at radius 1 is 1.50 bits per heavy atom. The summed E-state index contributed by atoms with van der Waals surface area (Å²) in [6.07, 6.45) is 2.31. The molecular formula is C15H22ClNO. The summed E-state index contributed by atoms with van der Waals surface area (Å²) in [5.41, 5.74) is 1.23. The molecule has 1 aliphatic heterocycles. The predicted octanol–water partition coefficient (Wildman–Crippen LogP) is 3.84. The molecule has 1 saturated heterocycles. The molecular weight excluding hydrogens is 246 g/mol. The van der Waals surface area contributed by atoms with Gasteiger partial charge in [0.1, 0.15) is 5.75 Å². The highest BCUT2D eigenvalue weighted by Crippen LogP contribution is 2.31. The van der Waals surface area contributed by atoms with Gasteiger partial charge in [-0.2, -0.15) is 0 Å². The summed E-state index contributed by atoms with van der Waals surface area (Å²) in [5.74, 6) is 2.13. The minimum absolute atomic E-state index is 0.486. The summed E-state index contributed by atoms with van der Waals surface area (Å²) in [5, 5.41) is 4.16. The average molecular weight is 268 g/mol. The van der Waals surface area contributed by atoms with Crippen LogP contribution in [-0.4, -0.2) is 19.7 Å². The zero-order valence-electron chi connectivity index (χ0n) is 11.2. The van der Waals surface area contributed by atoms with Gasteiger partial charge in [-0.25, -0.2) is 0 Å².